The van der Waals surface area contributed by atoms with Crippen LogP contribution < -0.4 is 5.10 Å². The van der Waals surface area contributed by atoms with Gasteiger partial charge in [-0.25, -0.2) is 0 Å². The van der Waals surface area contributed by atoms with E-state index >= 15 is 0 Å². The Morgan fingerprint density at radius 2 is 1.12 bits per heavy atom. The van der Waals surface area contributed by atoms with E-state index in [0.717, 1.165) is 45.0 Å². The minimum absolute atomic E-state index is 0. The molecule has 134 valence electrons. The summed E-state index contributed by atoms with van der Waals surface area (Å²) in [5, 5.41) is 19.8. The first kappa shape index (κ1) is 23.8. The summed E-state index contributed by atoms with van der Waals surface area (Å²) >= 11 is 0. The summed E-state index contributed by atoms with van der Waals surface area (Å²) < 4.78 is 0. The van der Waals surface area contributed by atoms with E-state index in [2.05, 4.69) is 40.0 Å². The summed E-state index contributed by atoms with van der Waals surface area (Å²) in [5.41, 5.74) is 1.07. The molecular weight excluding hydrogens is 334 g/mol. The van der Waals surface area contributed by atoms with Gasteiger partial charge in [-0.2, -0.15) is 6.20 Å². The third-order valence-corrected chi connectivity index (χ3v) is 3.72. The number of nitrogens with zero attached hydrogens (tertiary/aromatic N) is 5. The minimum atomic E-state index is 0. The van der Waals surface area contributed by atoms with Gasteiger partial charge >= 0.3 is 21.7 Å². The quantitative estimate of drug-likeness (QED) is 0.680. The Morgan fingerprint density at radius 1 is 0.750 bits per heavy atom. The first-order chi connectivity index (χ1) is 11.3. The van der Waals surface area contributed by atoms with Crippen molar-refractivity contribution in [3.8, 4) is 0 Å². The molecule has 4 rings (SSSR count). The molecule has 0 spiro atoms. The molecule has 5 nitrogen and oxygen atoms in total. The van der Waals surface area contributed by atoms with Crippen LogP contribution >= 0.6 is 0 Å². The third-order valence-electron chi connectivity index (χ3n) is 3.72. The zero-order valence-corrected chi connectivity index (χ0v) is 17.0. The van der Waals surface area contributed by atoms with Crippen LogP contribution in [-0.2, 0) is 21.7 Å². The molecule has 0 radical (unpaired) electrons. The van der Waals surface area contributed by atoms with Crippen LogP contribution in [0.25, 0.3) is 16.0 Å². The van der Waals surface area contributed by atoms with Gasteiger partial charge in [-0.15, -0.1) is 39.3 Å². The van der Waals surface area contributed by atoms with Crippen LogP contribution in [0.3, 0.4) is 0 Å². The maximum Gasteiger partial charge on any atom is 4.00 e. The van der Waals surface area contributed by atoms with Crippen LogP contribution in [0.15, 0.2) is 12.3 Å². The summed E-state index contributed by atoms with van der Waals surface area (Å²) in [6, 6.07) is 1.94. The summed E-state index contributed by atoms with van der Waals surface area (Å²) in [4.78, 5) is 0. The monoisotopic (exact) mass is 367 g/mol. The molecule has 4 heterocycles. The number of aromatic nitrogens is 2. The second-order valence-corrected chi connectivity index (χ2v) is 6.24. The van der Waals surface area contributed by atoms with Gasteiger partial charge in [0.1, 0.15) is 0 Å². The predicted octanol–water partition coefficient (Wildman–Crippen LogP) is 4.62. The van der Waals surface area contributed by atoms with E-state index in [-0.39, 0.29) is 21.7 Å². The van der Waals surface area contributed by atoms with E-state index < -0.39 is 0 Å². The van der Waals surface area contributed by atoms with Crippen molar-refractivity contribution < 1.29 is 21.7 Å². The molecule has 3 aliphatic rings. The zero-order valence-electron chi connectivity index (χ0n) is 15.5. The van der Waals surface area contributed by atoms with E-state index in [1.54, 1.807) is 6.20 Å². The van der Waals surface area contributed by atoms with Crippen molar-refractivity contribution in [1.29, 1.82) is 0 Å². The Bertz CT molecular complexity index is 285. The van der Waals surface area contributed by atoms with Gasteiger partial charge in [0.2, 0.25) is 0 Å². The molecule has 1 aromatic rings. The number of hydrogen-bond acceptors (Lipinski definition) is 1. The van der Waals surface area contributed by atoms with Crippen molar-refractivity contribution in [2.75, 3.05) is 39.3 Å². The van der Waals surface area contributed by atoms with E-state index in [0.29, 0.717) is 5.92 Å². The van der Waals surface area contributed by atoms with Crippen LogP contribution in [0.1, 0.15) is 64.0 Å². The summed E-state index contributed by atoms with van der Waals surface area (Å²) in [6.07, 6.45) is 9.72. The van der Waals surface area contributed by atoms with Crippen molar-refractivity contribution in [3.05, 3.63) is 33.9 Å². The second-order valence-electron chi connectivity index (χ2n) is 6.24. The smallest absolute Gasteiger partial charge is 0.662 e. The fraction of sp³-hybridized carbons (Fsp3) is 0.833. The van der Waals surface area contributed by atoms with E-state index in [1.807, 2.05) is 6.07 Å². The van der Waals surface area contributed by atoms with Gasteiger partial charge in [0.25, 0.3) is 0 Å². The molecule has 0 aliphatic carbocycles. The zero-order chi connectivity index (χ0) is 16.6. The Labute approximate surface area is 163 Å². The summed E-state index contributed by atoms with van der Waals surface area (Å²) in [7, 11) is 0. The molecule has 3 saturated heterocycles. The first-order valence-corrected chi connectivity index (χ1v) is 9.14. The van der Waals surface area contributed by atoms with E-state index in [4.69, 9.17) is 0 Å². The Hall–Kier alpha value is -0.196. The average molecular weight is 367 g/mol. The van der Waals surface area contributed by atoms with Gasteiger partial charge < -0.3 is 26.1 Å². The Morgan fingerprint density at radius 3 is 1.25 bits per heavy atom. The molecule has 0 saturated carbocycles. The van der Waals surface area contributed by atoms with Crippen molar-refractivity contribution in [3.63, 3.8) is 0 Å². The second kappa shape index (κ2) is 17.6. The number of rotatable bonds is 1. The van der Waals surface area contributed by atoms with Crippen LogP contribution in [0.4, 0.5) is 0 Å². The maximum atomic E-state index is 4.08. The van der Waals surface area contributed by atoms with Crippen molar-refractivity contribution in [2.24, 2.45) is 0 Å². The topological polar surface area (TPSA) is 69.3 Å². The van der Waals surface area contributed by atoms with Gasteiger partial charge in [-0.1, -0.05) is 58.4 Å². The first-order valence-electron chi connectivity index (χ1n) is 9.14. The Kier molecular flexibility index (Phi) is 17.5. The summed E-state index contributed by atoms with van der Waals surface area (Å²) in [5.74, 6) is 0.512. The number of hydrogen-bond donors (Lipinski definition) is 0. The summed E-state index contributed by atoms with van der Waals surface area (Å²) in [6.45, 7) is 11.0. The normalized spacial score (nSPS) is 18.5. The molecule has 0 bridgehead atoms. The van der Waals surface area contributed by atoms with Gasteiger partial charge in [-0.3, -0.25) is 0 Å². The molecule has 1 aromatic heterocycles. The van der Waals surface area contributed by atoms with Crippen LogP contribution in [0.2, 0.25) is 0 Å². The molecule has 0 atom stereocenters. The molecule has 0 N–H and O–H groups in total. The standard InChI is InChI=1S/C6H9N2.3C4H8N.Ti/c1-5(2)6-3-4-7-8-6;3*1-2-4-5-3-1;/h3-5H,1-2H3;3*1-4H2;/q4*-1;+4. The average Bonchev–Trinajstić information content (AvgIpc) is 3.45. The van der Waals surface area contributed by atoms with Gasteiger partial charge in [0.05, 0.1) is 0 Å². The van der Waals surface area contributed by atoms with Crippen molar-refractivity contribution in [1.82, 2.24) is 10.2 Å². The molecule has 24 heavy (non-hydrogen) atoms. The molecule has 3 fully saturated rings. The third kappa shape index (κ3) is 14.2. The van der Waals surface area contributed by atoms with Crippen molar-refractivity contribution >= 4 is 0 Å². The largest absolute Gasteiger partial charge is 4.00 e. The molecule has 3 aliphatic heterocycles. The fourth-order valence-corrected chi connectivity index (χ4v) is 2.23. The van der Waals surface area contributed by atoms with Gasteiger partial charge in [-0.05, 0) is 5.92 Å². The molecule has 0 amide bonds. The van der Waals surface area contributed by atoms with Gasteiger partial charge in [0, 0.05) is 5.69 Å². The SMILES string of the molecule is C1CC[N-]C1.C1CC[N-]C1.C1CC[N-]C1.CC(C)c1cc[n-]n1.[Ti+4]. The van der Waals surface area contributed by atoms with E-state index in [9.17, 15) is 0 Å². The van der Waals surface area contributed by atoms with E-state index in [1.165, 1.54) is 38.5 Å². The maximum absolute atomic E-state index is 4.08. The molecule has 0 unspecified atom stereocenters. The van der Waals surface area contributed by atoms with Crippen LogP contribution in [0, 0.1) is 0 Å². The van der Waals surface area contributed by atoms with Crippen LogP contribution in [-0.4, -0.2) is 44.4 Å². The van der Waals surface area contributed by atoms with Gasteiger partial charge in [0.15, 0.2) is 0 Å². The molecular formula is C18H33N5Ti. The van der Waals surface area contributed by atoms with Crippen LogP contribution in [0.5, 0.6) is 0 Å². The fourth-order valence-electron chi connectivity index (χ4n) is 2.23. The minimum Gasteiger partial charge on any atom is -0.662 e. The Balaban J connectivity index is 0.000000297. The predicted molar refractivity (Wildman–Crippen MR) is 98.6 cm³/mol. The molecule has 6 heteroatoms. The molecule has 0 aromatic carbocycles. The van der Waals surface area contributed by atoms with Crippen molar-refractivity contribution in [2.45, 2.75) is 58.3 Å².